The molecule has 1 N–H and O–H groups in total. The smallest absolute Gasteiger partial charge is 0.0517 e. The first-order valence-electron chi connectivity index (χ1n) is 7.49. The molecule has 1 aliphatic heterocycles. The van der Waals surface area contributed by atoms with Crippen LogP contribution in [0.25, 0.3) is 0 Å². The standard InChI is InChI=1S/C19H23N/c1-19(2,3)16-11-8-15(9-12-16)18-13-10-14-6-4-5-7-17(14)20-18/h4-9,11-12,18,20H,10,13H2,1-3H3. The molecular formula is C19H23N. The van der Waals surface area contributed by atoms with Crippen molar-refractivity contribution in [2.75, 3.05) is 5.32 Å². The molecule has 1 heterocycles. The minimum Gasteiger partial charge on any atom is -0.378 e. The number of hydrogen-bond donors (Lipinski definition) is 1. The van der Waals surface area contributed by atoms with Crippen molar-refractivity contribution in [3.05, 3.63) is 65.2 Å². The van der Waals surface area contributed by atoms with Crippen LogP contribution >= 0.6 is 0 Å². The summed E-state index contributed by atoms with van der Waals surface area (Å²) in [6.45, 7) is 6.78. The van der Waals surface area contributed by atoms with Crippen LogP contribution in [-0.2, 0) is 11.8 Å². The molecule has 1 aliphatic rings. The number of rotatable bonds is 1. The summed E-state index contributed by atoms with van der Waals surface area (Å²) >= 11 is 0. The minimum atomic E-state index is 0.227. The molecule has 0 fully saturated rings. The summed E-state index contributed by atoms with van der Waals surface area (Å²) in [6.07, 6.45) is 2.33. The lowest BCUT2D eigenvalue weighted by molar-refractivity contribution is 0.589. The van der Waals surface area contributed by atoms with Gasteiger partial charge in [0.25, 0.3) is 0 Å². The molecular weight excluding hydrogens is 242 g/mol. The maximum Gasteiger partial charge on any atom is 0.0517 e. The first-order valence-corrected chi connectivity index (χ1v) is 7.49. The fourth-order valence-corrected chi connectivity index (χ4v) is 2.90. The highest BCUT2D eigenvalue weighted by molar-refractivity contribution is 5.55. The van der Waals surface area contributed by atoms with Gasteiger partial charge in [0.15, 0.2) is 0 Å². The molecule has 0 aliphatic carbocycles. The zero-order chi connectivity index (χ0) is 14.2. The van der Waals surface area contributed by atoms with Crippen molar-refractivity contribution >= 4 is 5.69 Å². The summed E-state index contributed by atoms with van der Waals surface area (Å²) in [5.74, 6) is 0. The highest BCUT2D eigenvalue weighted by Gasteiger charge is 2.19. The molecule has 1 heteroatoms. The Kier molecular flexibility index (Phi) is 3.29. The average molecular weight is 265 g/mol. The van der Waals surface area contributed by atoms with E-state index in [4.69, 9.17) is 0 Å². The van der Waals surface area contributed by atoms with E-state index in [0.29, 0.717) is 6.04 Å². The second-order valence-electron chi connectivity index (χ2n) is 6.76. The number of hydrogen-bond acceptors (Lipinski definition) is 1. The normalized spacial score (nSPS) is 18.2. The van der Waals surface area contributed by atoms with Crippen LogP contribution in [-0.4, -0.2) is 0 Å². The van der Waals surface area contributed by atoms with Gasteiger partial charge in [-0.05, 0) is 41.0 Å². The molecule has 2 aromatic rings. The second kappa shape index (κ2) is 4.97. The van der Waals surface area contributed by atoms with E-state index in [0.717, 1.165) is 6.42 Å². The second-order valence-corrected chi connectivity index (χ2v) is 6.76. The summed E-state index contributed by atoms with van der Waals surface area (Å²) < 4.78 is 0. The van der Waals surface area contributed by atoms with Crippen LogP contribution < -0.4 is 5.32 Å². The Balaban J connectivity index is 1.81. The van der Waals surface area contributed by atoms with Gasteiger partial charge in [-0.2, -0.15) is 0 Å². The molecule has 0 saturated heterocycles. The number of aryl methyl sites for hydroxylation is 1. The third kappa shape index (κ3) is 2.58. The molecule has 104 valence electrons. The Labute approximate surface area is 122 Å². The highest BCUT2D eigenvalue weighted by Crippen LogP contribution is 2.33. The molecule has 0 saturated carbocycles. The summed E-state index contributed by atoms with van der Waals surface area (Å²) in [5.41, 5.74) is 5.76. The van der Waals surface area contributed by atoms with E-state index in [9.17, 15) is 0 Å². The first kappa shape index (κ1) is 13.2. The zero-order valence-corrected chi connectivity index (χ0v) is 12.6. The quantitative estimate of drug-likeness (QED) is 0.758. The molecule has 0 aromatic heterocycles. The van der Waals surface area contributed by atoms with Gasteiger partial charge < -0.3 is 5.32 Å². The fourth-order valence-electron chi connectivity index (χ4n) is 2.90. The van der Waals surface area contributed by atoms with Crippen molar-refractivity contribution in [3.8, 4) is 0 Å². The zero-order valence-electron chi connectivity index (χ0n) is 12.6. The van der Waals surface area contributed by atoms with Crippen LogP contribution in [0.3, 0.4) is 0 Å². The monoisotopic (exact) mass is 265 g/mol. The Bertz CT molecular complexity index is 590. The summed E-state index contributed by atoms with van der Waals surface area (Å²) in [4.78, 5) is 0. The van der Waals surface area contributed by atoms with E-state index >= 15 is 0 Å². The van der Waals surface area contributed by atoms with E-state index in [1.54, 1.807) is 0 Å². The third-order valence-corrected chi connectivity index (χ3v) is 4.23. The summed E-state index contributed by atoms with van der Waals surface area (Å²) in [5, 5.41) is 3.67. The Morgan fingerprint density at radius 1 is 0.950 bits per heavy atom. The Morgan fingerprint density at radius 2 is 1.65 bits per heavy atom. The summed E-state index contributed by atoms with van der Waals surface area (Å²) in [7, 11) is 0. The van der Waals surface area contributed by atoms with Gasteiger partial charge in [-0.15, -0.1) is 0 Å². The van der Waals surface area contributed by atoms with Crippen LogP contribution in [0.15, 0.2) is 48.5 Å². The number of nitrogens with one attached hydrogen (secondary N) is 1. The van der Waals surface area contributed by atoms with E-state index in [-0.39, 0.29) is 5.41 Å². The molecule has 3 rings (SSSR count). The van der Waals surface area contributed by atoms with E-state index in [1.807, 2.05) is 0 Å². The Morgan fingerprint density at radius 3 is 2.35 bits per heavy atom. The predicted molar refractivity (Wildman–Crippen MR) is 86.3 cm³/mol. The largest absolute Gasteiger partial charge is 0.378 e. The molecule has 1 nitrogen and oxygen atoms in total. The highest BCUT2D eigenvalue weighted by atomic mass is 14.9. The predicted octanol–water partition coefficient (Wildman–Crippen LogP) is 5.08. The van der Waals surface area contributed by atoms with Crippen molar-refractivity contribution in [1.82, 2.24) is 0 Å². The lowest BCUT2D eigenvalue weighted by atomic mass is 9.85. The Hall–Kier alpha value is -1.76. The molecule has 2 aromatic carbocycles. The van der Waals surface area contributed by atoms with Gasteiger partial charge in [0.1, 0.15) is 0 Å². The number of para-hydroxylation sites is 1. The maximum atomic E-state index is 3.67. The van der Waals surface area contributed by atoms with Crippen LogP contribution in [0.1, 0.15) is 49.9 Å². The van der Waals surface area contributed by atoms with E-state index in [2.05, 4.69) is 74.6 Å². The topological polar surface area (TPSA) is 12.0 Å². The van der Waals surface area contributed by atoms with Crippen molar-refractivity contribution in [2.24, 2.45) is 0 Å². The van der Waals surface area contributed by atoms with E-state index < -0.39 is 0 Å². The van der Waals surface area contributed by atoms with Gasteiger partial charge in [-0.25, -0.2) is 0 Å². The van der Waals surface area contributed by atoms with Gasteiger partial charge in [0, 0.05) is 5.69 Å². The lowest BCUT2D eigenvalue weighted by Gasteiger charge is -2.28. The van der Waals surface area contributed by atoms with Gasteiger partial charge in [0.2, 0.25) is 0 Å². The van der Waals surface area contributed by atoms with Crippen LogP contribution in [0.4, 0.5) is 5.69 Å². The van der Waals surface area contributed by atoms with Gasteiger partial charge in [0.05, 0.1) is 6.04 Å². The molecule has 1 unspecified atom stereocenters. The van der Waals surface area contributed by atoms with Gasteiger partial charge in [-0.1, -0.05) is 63.2 Å². The van der Waals surface area contributed by atoms with Crippen molar-refractivity contribution < 1.29 is 0 Å². The van der Waals surface area contributed by atoms with Crippen LogP contribution in [0.5, 0.6) is 0 Å². The third-order valence-electron chi connectivity index (χ3n) is 4.23. The lowest BCUT2D eigenvalue weighted by Crippen LogP contribution is -2.18. The number of benzene rings is 2. The number of anilines is 1. The SMILES string of the molecule is CC(C)(C)c1ccc(C2CCc3ccccc3N2)cc1. The molecule has 0 radical (unpaired) electrons. The summed E-state index contributed by atoms with van der Waals surface area (Å²) in [6, 6.07) is 18.2. The van der Waals surface area contributed by atoms with Crippen LogP contribution in [0, 0.1) is 0 Å². The molecule has 0 bridgehead atoms. The van der Waals surface area contributed by atoms with E-state index in [1.165, 1.54) is 28.8 Å². The molecule has 1 atom stereocenters. The minimum absolute atomic E-state index is 0.227. The average Bonchev–Trinajstić information content (AvgIpc) is 2.46. The number of fused-ring (bicyclic) bond motifs is 1. The van der Waals surface area contributed by atoms with Crippen molar-refractivity contribution in [1.29, 1.82) is 0 Å². The van der Waals surface area contributed by atoms with Crippen LogP contribution in [0.2, 0.25) is 0 Å². The van der Waals surface area contributed by atoms with Crippen molar-refractivity contribution in [3.63, 3.8) is 0 Å². The van der Waals surface area contributed by atoms with Gasteiger partial charge >= 0.3 is 0 Å². The van der Waals surface area contributed by atoms with Crippen molar-refractivity contribution in [2.45, 2.75) is 45.1 Å². The maximum absolute atomic E-state index is 3.67. The van der Waals surface area contributed by atoms with Gasteiger partial charge in [-0.3, -0.25) is 0 Å². The molecule has 20 heavy (non-hydrogen) atoms. The molecule has 0 spiro atoms. The molecule has 0 amide bonds. The first-order chi connectivity index (χ1) is 9.54. The fraction of sp³-hybridized carbons (Fsp3) is 0.368.